The standard InChI is InChI=1S/C17H22N6O2S/c1-11-7-8-12(16(25)18-2)9-14(11)19-15(24)10-26-17-20-21-22-23(17)13-5-3-4-6-13/h7-9,13H,3-6,10H2,1-2H3,(H,18,25)(H,19,24). The lowest BCUT2D eigenvalue weighted by Gasteiger charge is -2.12. The quantitative estimate of drug-likeness (QED) is 0.752. The second-order valence-corrected chi connectivity index (χ2v) is 7.23. The summed E-state index contributed by atoms with van der Waals surface area (Å²) in [6, 6.07) is 5.56. The number of tetrazole rings is 1. The predicted octanol–water partition coefficient (Wildman–Crippen LogP) is 2.19. The fourth-order valence-corrected chi connectivity index (χ4v) is 3.76. The summed E-state index contributed by atoms with van der Waals surface area (Å²) in [6.45, 7) is 1.89. The van der Waals surface area contributed by atoms with Crippen LogP contribution in [0.5, 0.6) is 0 Å². The number of amides is 2. The molecule has 26 heavy (non-hydrogen) atoms. The number of thioether (sulfide) groups is 1. The molecule has 1 aliphatic carbocycles. The zero-order valence-corrected chi connectivity index (χ0v) is 15.7. The van der Waals surface area contributed by atoms with Crippen LogP contribution in [-0.2, 0) is 4.79 Å². The van der Waals surface area contributed by atoms with E-state index in [1.165, 1.54) is 24.6 Å². The molecule has 0 unspecified atom stereocenters. The molecule has 1 fully saturated rings. The van der Waals surface area contributed by atoms with E-state index in [1.54, 1.807) is 19.2 Å². The number of hydrogen-bond acceptors (Lipinski definition) is 6. The Morgan fingerprint density at radius 3 is 2.81 bits per heavy atom. The van der Waals surface area contributed by atoms with Gasteiger partial charge >= 0.3 is 0 Å². The number of hydrogen-bond donors (Lipinski definition) is 2. The van der Waals surface area contributed by atoms with E-state index in [-0.39, 0.29) is 17.6 Å². The van der Waals surface area contributed by atoms with Crippen LogP contribution in [0.1, 0.15) is 47.6 Å². The van der Waals surface area contributed by atoms with Crippen molar-refractivity contribution in [1.29, 1.82) is 0 Å². The lowest BCUT2D eigenvalue weighted by molar-refractivity contribution is -0.113. The van der Waals surface area contributed by atoms with E-state index in [4.69, 9.17) is 0 Å². The number of carbonyl (C=O) groups excluding carboxylic acids is 2. The molecule has 2 N–H and O–H groups in total. The summed E-state index contributed by atoms with van der Waals surface area (Å²) in [5.74, 6) is -0.143. The average Bonchev–Trinajstić information content (AvgIpc) is 3.32. The molecular formula is C17H22N6O2S. The Morgan fingerprint density at radius 1 is 1.31 bits per heavy atom. The highest BCUT2D eigenvalue weighted by Crippen LogP contribution is 2.31. The average molecular weight is 374 g/mol. The number of aromatic nitrogens is 4. The number of aryl methyl sites for hydroxylation is 1. The largest absolute Gasteiger partial charge is 0.355 e. The number of nitrogens with one attached hydrogen (secondary N) is 2. The molecule has 8 nitrogen and oxygen atoms in total. The van der Waals surface area contributed by atoms with Crippen LogP contribution < -0.4 is 10.6 Å². The minimum absolute atomic E-state index is 0.159. The van der Waals surface area contributed by atoms with E-state index >= 15 is 0 Å². The highest BCUT2D eigenvalue weighted by molar-refractivity contribution is 7.99. The monoisotopic (exact) mass is 374 g/mol. The van der Waals surface area contributed by atoms with Gasteiger partial charge in [-0.1, -0.05) is 30.7 Å². The molecule has 2 aromatic rings. The Morgan fingerprint density at radius 2 is 2.08 bits per heavy atom. The number of benzene rings is 1. The smallest absolute Gasteiger partial charge is 0.251 e. The van der Waals surface area contributed by atoms with Crippen LogP contribution in [0, 0.1) is 6.92 Å². The molecule has 1 saturated carbocycles. The number of nitrogens with zero attached hydrogens (tertiary/aromatic N) is 4. The zero-order chi connectivity index (χ0) is 18.5. The first kappa shape index (κ1) is 18.4. The van der Waals surface area contributed by atoms with E-state index in [2.05, 4.69) is 26.2 Å². The van der Waals surface area contributed by atoms with Gasteiger partial charge in [0, 0.05) is 18.3 Å². The highest BCUT2D eigenvalue weighted by Gasteiger charge is 2.22. The molecule has 9 heteroatoms. The van der Waals surface area contributed by atoms with Crippen LogP contribution in [-0.4, -0.2) is 44.8 Å². The maximum absolute atomic E-state index is 12.3. The normalized spacial score (nSPS) is 14.4. The molecule has 0 spiro atoms. The molecule has 3 rings (SSSR count). The SMILES string of the molecule is CNC(=O)c1ccc(C)c(NC(=O)CSc2nnnn2C2CCCC2)c1. The van der Waals surface area contributed by atoms with Crippen molar-refractivity contribution in [3.63, 3.8) is 0 Å². The molecule has 1 aromatic heterocycles. The topological polar surface area (TPSA) is 102 Å². The van der Waals surface area contributed by atoms with Gasteiger partial charge < -0.3 is 10.6 Å². The Hall–Kier alpha value is -2.42. The molecule has 0 saturated heterocycles. The summed E-state index contributed by atoms with van der Waals surface area (Å²) in [6.07, 6.45) is 4.54. The molecule has 0 radical (unpaired) electrons. The Bertz CT molecular complexity index is 800. The van der Waals surface area contributed by atoms with Gasteiger partial charge in [0.2, 0.25) is 11.1 Å². The molecule has 1 aliphatic rings. The fourth-order valence-electron chi connectivity index (χ4n) is 3.02. The van der Waals surface area contributed by atoms with Crippen LogP contribution in [0.15, 0.2) is 23.4 Å². The number of carbonyl (C=O) groups is 2. The summed E-state index contributed by atoms with van der Waals surface area (Å²) in [5.41, 5.74) is 2.03. The van der Waals surface area contributed by atoms with Crippen LogP contribution in [0.2, 0.25) is 0 Å². The van der Waals surface area contributed by atoms with Gasteiger partial charge in [0.25, 0.3) is 5.91 Å². The van der Waals surface area contributed by atoms with E-state index in [0.29, 0.717) is 22.4 Å². The second-order valence-electron chi connectivity index (χ2n) is 6.29. The summed E-state index contributed by atoms with van der Waals surface area (Å²) >= 11 is 1.32. The summed E-state index contributed by atoms with van der Waals surface area (Å²) in [5, 5.41) is 18.0. The van der Waals surface area contributed by atoms with Gasteiger partial charge in [-0.3, -0.25) is 9.59 Å². The van der Waals surface area contributed by atoms with Crippen molar-refractivity contribution in [1.82, 2.24) is 25.5 Å². The maximum atomic E-state index is 12.3. The maximum Gasteiger partial charge on any atom is 0.251 e. The molecule has 1 heterocycles. The third-order valence-corrected chi connectivity index (χ3v) is 5.40. The van der Waals surface area contributed by atoms with Crippen molar-refractivity contribution >= 4 is 29.3 Å². The minimum Gasteiger partial charge on any atom is -0.355 e. The first-order chi connectivity index (χ1) is 12.6. The molecular weight excluding hydrogens is 352 g/mol. The molecule has 138 valence electrons. The van der Waals surface area contributed by atoms with Gasteiger partial charge in [0.15, 0.2) is 0 Å². The molecule has 0 bridgehead atoms. The van der Waals surface area contributed by atoms with Gasteiger partial charge in [-0.15, -0.1) is 5.10 Å². The van der Waals surface area contributed by atoms with Crippen molar-refractivity contribution in [3.05, 3.63) is 29.3 Å². The summed E-state index contributed by atoms with van der Waals surface area (Å²) < 4.78 is 1.84. The Labute approximate surface area is 156 Å². The van der Waals surface area contributed by atoms with Crippen molar-refractivity contribution in [3.8, 4) is 0 Å². The zero-order valence-electron chi connectivity index (χ0n) is 14.9. The van der Waals surface area contributed by atoms with E-state index < -0.39 is 0 Å². The predicted molar refractivity (Wildman–Crippen MR) is 99.2 cm³/mol. The number of anilines is 1. The van der Waals surface area contributed by atoms with Crippen molar-refractivity contribution in [2.75, 3.05) is 18.1 Å². The summed E-state index contributed by atoms with van der Waals surface area (Å²) in [7, 11) is 1.58. The van der Waals surface area contributed by atoms with E-state index in [9.17, 15) is 9.59 Å². The first-order valence-corrected chi connectivity index (χ1v) is 9.60. The highest BCUT2D eigenvalue weighted by atomic mass is 32.2. The van der Waals surface area contributed by atoms with Gasteiger partial charge in [-0.25, -0.2) is 4.68 Å². The Balaban J connectivity index is 1.61. The number of rotatable bonds is 6. The first-order valence-electron chi connectivity index (χ1n) is 8.61. The second kappa shape index (κ2) is 8.31. The van der Waals surface area contributed by atoms with Gasteiger partial charge in [0.1, 0.15) is 0 Å². The lowest BCUT2D eigenvalue weighted by atomic mass is 10.1. The van der Waals surface area contributed by atoms with E-state index in [1.807, 2.05) is 17.7 Å². The van der Waals surface area contributed by atoms with Crippen molar-refractivity contribution in [2.45, 2.75) is 43.8 Å². The van der Waals surface area contributed by atoms with Crippen molar-refractivity contribution in [2.24, 2.45) is 0 Å². The molecule has 0 aliphatic heterocycles. The molecule has 0 atom stereocenters. The van der Waals surface area contributed by atoms with E-state index in [0.717, 1.165) is 18.4 Å². The van der Waals surface area contributed by atoms with Crippen LogP contribution in [0.4, 0.5) is 5.69 Å². The lowest BCUT2D eigenvalue weighted by Crippen LogP contribution is -2.19. The van der Waals surface area contributed by atoms with Gasteiger partial charge in [-0.05, 0) is 47.9 Å². The minimum atomic E-state index is -0.189. The third kappa shape index (κ3) is 4.21. The molecule has 2 amide bonds. The van der Waals surface area contributed by atoms with Gasteiger partial charge in [0.05, 0.1) is 11.8 Å². The fraction of sp³-hybridized carbons (Fsp3) is 0.471. The summed E-state index contributed by atoms with van der Waals surface area (Å²) in [4.78, 5) is 24.1. The molecule has 1 aromatic carbocycles. The van der Waals surface area contributed by atoms with Crippen molar-refractivity contribution < 1.29 is 9.59 Å². The third-order valence-electron chi connectivity index (χ3n) is 4.47. The Kier molecular flexibility index (Phi) is 5.87. The van der Waals surface area contributed by atoms with Crippen LogP contribution in [0.25, 0.3) is 0 Å². The van der Waals surface area contributed by atoms with Crippen LogP contribution >= 0.6 is 11.8 Å². The van der Waals surface area contributed by atoms with Crippen LogP contribution in [0.3, 0.4) is 0 Å². The van der Waals surface area contributed by atoms with Gasteiger partial charge in [-0.2, -0.15) is 0 Å².